The Labute approximate surface area is 291 Å². The fourth-order valence-electron chi connectivity index (χ4n) is 8.81. The maximum atomic E-state index is 13.2. The number of aliphatic hydroxyl groups is 2. The van der Waals surface area contributed by atoms with Gasteiger partial charge in [0.15, 0.2) is 0 Å². The van der Waals surface area contributed by atoms with E-state index in [1.807, 2.05) is 24.3 Å². The Kier molecular flexibility index (Phi) is 11.2. The summed E-state index contributed by atoms with van der Waals surface area (Å²) in [6.45, 7) is 0.916. The minimum Gasteiger partial charge on any atom is -0.393 e. The first-order valence-corrected chi connectivity index (χ1v) is 18.5. The summed E-state index contributed by atoms with van der Waals surface area (Å²) >= 11 is 0. The Morgan fingerprint density at radius 1 is 0.612 bits per heavy atom. The lowest BCUT2D eigenvalue weighted by molar-refractivity contribution is -0.0662. The summed E-state index contributed by atoms with van der Waals surface area (Å²) in [4.78, 5) is 26.5. The van der Waals surface area contributed by atoms with E-state index in [1.54, 1.807) is 0 Å². The first kappa shape index (κ1) is 36.0. The second-order valence-corrected chi connectivity index (χ2v) is 15.4. The summed E-state index contributed by atoms with van der Waals surface area (Å²) in [6, 6.07) is 15.7. The number of fused-ring (bicyclic) bond motifs is 6. The molecule has 2 aromatic rings. The van der Waals surface area contributed by atoms with Crippen LogP contribution >= 0.6 is 0 Å². The molecule has 4 bridgehead atoms. The highest BCUT2D eigenvalue weighted by Gasteiger charge is 2.49. The molecule has 0 radical (unpaired) electrons. The molecule has 6 aliphatic carbocycles. The summed E-state index contributed by atoms with van der Waals surface area (Å²) < 4.78 is 12.0. The van der Waals surface area contributed by atoms with Crippen molar-refractivity contribution in [3.8, 4) is 0 Å². The van der Waals surface area contributed by atoms with E-state index in [0.717, 1.165) is 77.0 Å². The molecule has 2 amide bonds. The van der Waals surface area contributed by atoms with Crippen molar-refractivity contribution in [2.45, 2.75) is 137 Å². The third-order valence-corrected chi connectivity index (χ3v) is 12.4. The number of amides is 2. The second kappa shape index (κ2) is 15.2. The van der Waals surface area contributed by atoms with Crippen LogP contribution in [0.15, 0.2) is 48.5 Å². The number of nitrogens with one attached hydrogen (secondary N) is 2. The van der Waals surface area contributed by atoms with Gasteiger partial charge in [-0.1, -0.05) is 24.3 Å². The number of carbonyl (C=O) groups excluding carboxylic acids is 2. The molecule has 266 valence electrons. The zero-order chi connectivity index (χ0) is 34.5. The Morgan fingerprint density at radius 3 is 1.24 bits per heavy atom. The van der Waals surface area contributed by atoms with Crippen molar-refractivity contribution in [2.75, 3.05) is 13.1 Å². The number of nitrogens with two attached hydrogens (primary N) is 2. The Hall–Kier alpha value is -2.80. The Balaban J connectivity index is 1.01. The van der Waals surface area contributed by atoms with E-state index in [0.29, 0.717) is 49.9 Å². The minimum absolute atomic E-state index is 0.0996. The molecule has 49 heavy (non-hydrogen) atoms. The molecule has 0 heterocycles. The first-order valence-electron chi connectivity index (χ1n) is 18.5. The molecule has 6 saturated carbocycles. The van der Waals surface area contributed by atoms with Crippen LogP contribution in [0.3, 0.4) is 0 Å². The van der Waals surface area contributed by atoms with Crippen molar-refractivity contribution in [2.24, 2.45) is 11.5 Å². The van der Waals surface area contributed by atoms with Crippen LogP contribution in [0.2, 0.25) is 0 Å². The molecule has 0 spiro atoms. The van der Waals surface area contributed by atoms with Crippen molar-refractivity contribution < 1.29 is 29.1 Å². The zero-order valence-electron chi connectivity index (χ0n) is 28.9. The van der Waals surface area contributed by atoms with Crippen LogP contribution < -0.4 is 22.1 Å². The molecule has 8 rings (SSSR count). The highest BCUT2D eigenvalue weighted by molar-refractivity contribution is 6.18. The van der Waals surface area contributed by atoms with E-state index in [9.17, 15) is 19.8 Å². The molecule has 2 aromatic carbocycles. The lowest BCUT2D eigenvalue weighted by Crippen LogP contribution is -2.48. The Morgan fingerprint density at radius 2 is 0.939 bits per heavy atom. The van der Waals surface area contributed by atoms with Gasteiger partial charge >= 0.3 is 7.69 Å². The average molecular weight is 675 g/mol. The van der Waals surface area contributed by atoms with Crippen LogP contribution in [-0.2, 0) is 20.1 Å². The molecular weight excluding hydrogens is 619 g/mol. The van der Waals surface area contributed by atoms with Gasteiger partial charge in [-0.15, -0.1) is 0 Å². The summed E-state index contributed by atoms with van der Waals surface area (Å²) in [7, 11) is -0.132. The third kappa shape index (κ3) is 8.24. The van der Waals surface area contributed by atoms with E-state index in [2.05, 4.69) is 34.9 Å². The minimum atomic E-state index is -0.614. The summed E-state index contributed by atoms with van der Waals surface area (Å²) in [5.74, 6) is -0.471. The smallest absolute Gasteiger partial charge is 0.393 e. The van der Waals surface area contributed by atoms with Crippen LogP contribution in [0.25, 0.3) is 0 Å². The van der Waals surface area contributed by atoms with Gasteiger partial charge in [0.25, 0.3) is 11.8 Å². The SMILES string of the molecule is NCCCC(NC(=O)c1ccc(C23CCC(O)(CC2)CC3)cc1)OBOC(CCCN)NC(=O)c1ccc(C23CCC(O)(CC2)CC3)cc1. The molecule has 0 saturated heterocycles. The molecule has 2 unspecified atom stereocenters. The zero-order valence-corrected chi connectivity index (χ0v) is 28.9. The fraction of sp³-hybridized carbons (Fsp3) is 0.632. The standard InChI is InChI=1S/C38H55BN4O6/c40-25-1-3-31(42-33(44)27-5-9-29(10-6-27)35-13-19-37(46,20-14-35)21-15-35)48-39-49-32(4-2-26-41)43-34(45)28-7-11-30(12-8-28)36-16-22-38(47,23-17-36)24-18-36/h5-12,31-32,39,46-47H,1-4,13-26,40-41H2,(H,42,44)(H,43,45). The van der Waals surface area contributed by atoms with Crippen LogP contribution in [-0.4, -0.2) is 66.5 Å². The molecular formula is C38H55BN4O6. The maximum Gasteiger partial charge on any atom is 0.441 e. The normalized spacial score (nSPS) is 30.0. The van der Waals surface area contributed by atoms with Gasteiger partial charge < -0.3 is 41.6 Å². The molecule has 6 aliphatic rings. The number of benzene rings is 2. The van der Waals surface area contributed by atoms with Crippen LogP contribution in [0, 0.1) is 0 Å². The van der Waals surface area contributed by atoms with E-state index in [1.165, 1.54) is 11.1 Å². The number of hydrogen-bond donors (Lipinski definition) is 6. The average Bonchev–Trinajstić information content (AvgIpc) is 3.13. The third-order valence-electron chi connectivity index (χ3n) is 12.4. The molecule has 11 heteroatoms. The highest BCUT2D eigenvalue weighted by Crippen LogP contribution is 2.54. The van der Waals surface area contributed by atoms with Crippen molar-refractivity contribution in [1.29, 1.82) is 0 Å². The molecule has 10 nitrogen and oxygen atoms in total. The molecule has 2 atom stereocenters. The van der Waals surface area contributed by atoms with Gasteiger partial charge in [0.2, 0.25) is 0 Å². The number of carbonyl (C=O) groups is 2. The van der Waals surface area contributed by atoms with Gasteiger partial charge in [-0.05, 0) is 162 Å². The molecule has 6 fully saturated rings. The van der Waals surface area contributed by atoms with Crippen molar-refractivity contribution in [1.82, 2.24) is 10.6 Å². The number of rotatable bonds is 16. The van der Waals surface area contributed by atoms with Gasteiger partial charge in [-0.25, -0.2) is 0 Å². The van der Waals surface area contributed by atoms with Gasteiger partial charge in [-0.2, -0.15) is 0 Å². The van der Waals surface area contributed by atoms with Gasteiger partial charge in [0.05, 0.1) is 11.2 Å². The van der Waals surface area contributed by atoms with Crippen LogP contribution in [0.1, 0.15) is 135 Å². The van der Waals surface area contributed by atoms with Crippen LogP contribution in [0.5, 0.6) is 0 Å². The first-order chi connectivity index (χ1) is 23.6. The van der Waals surface area contributed by atoms with E-state index < -0.39 is 23.7 Å². The number of hydrogen-bond acceptors (Lipinski definition) is 8. The van der Waals surface area contributed by atoms with E-state index >= 15 is 0 Å². The van der Waals surface area contributed by atoms with Crippen molar-refractivity contribution >= 4 is 19.5 Å². The van der Waals surface area contributed by atoms with E-state index in [-0.39, 0.29) is 30.3 Å². The summed E-state index contributed by atoms with van der Waals surface area (Å²) in [6.07, 6.45) is 12.1. The highest BCUT2D eigenvalue weighted by atomic mass is 16.6. The second-order valence-electron chi connectivity index (χ2n) is 15.4. The summed E-state index contributed by atoms with van der Waals surface area (Å²) in [5, 5.41) is 27.2. The lowest BCUT2D eigenvalue weighted by atomic mass is 9.56. The molecule has 8 N–H and O–H groups in total. The molecule has 0 aromatic heterocycles. The quantitative estimate of drug-likeness (QED) is 0.115. The van der Waals surface area contributed by atoms with Gasteiger partial charge in [0.1, 0.15) is 12.5 Å². The molecule has 0 aliphatic heterocycles. The summed E-state index contributed by atoms with van der Waals surface area (Å²) in [5.41, 5.74) is 14.4. The van der Waals surface area contributed by atoms with Gasteiger partial charge in [0, 0.05) is 11.1 Å². The topological polar surface area (TPSA) is 169 Å². The van der Waals surface area contributed by atoms with Gasteiger partial charge in [-0.3, -0.25) is 9.59 Å². The maximum absolute atomic E-state index is 13.2. The van der Waals surface area contributed by atoms with Crippen LogP contribution in [0.4, 0.5) is 0 Å². The lowest BCUT2D eigenvalue weighted by Gasteiger charge is -2.51. The van der Waals surface area contributed by atoms with Crippen molar-refractivity contribution in [3.05, 3.63) is 70.8 Å². The van der Waals surface area contributed by atoms with E-state index in [4.69, 9.17) is 20.8 Å². The predicted octanol–water partition coefficient (Wildman–Crippen LogP) is 3.95. The Bertz CT molecular complexity index is 1280. The fourth-order valence-corrected chi connectivity index (χ4v) is 8.81. The largest absolute Gasteiger partial charge is 0.441 e. The predicted molar refractivity (Wildman–Crippen MR) is 190 cm³/mol. The van der Waals surface area contributed by atoms with Crippen molar-refractivity contribution in [3.63, 3.8) is 0 Å². The monoisotopic (exact) mass is 674 g/mol.